The lowest BCUT2D eigenvalue weighted by Gasteiger charge is -2.01. The zero-order chi connectivity index (χ0) is 11.5. The molecular weight excluding hydrogens is 208 g/mol. The smallest absolute Gasteiger partial charge is 0.356 e. The Morgan fingerprint density at radius 3 is 3.12 bits per heavy atom. The maximum atomic E-state index is 10.7. The van der Waals surface area contributed by atoms with Crippen molar-refractivity contribution in [2.45, 2.75) is 0 Å². The maximum absolute atomic E-state index is 10.7. The largest absolute Gasteiger partial charge is 0.476 e. The monoisotopic (exact) mass is 218 g/mol. The predicted molar refractivity (Wildman–Crippen MR) is 58.6 cm³/mol. The minimum absolute atomic E-state index is 0.0200. The summed E-state index contributed by atoms with van der Waals surface area (Å²) >= 11 is 0. The van der Waals surface area contributed by atoms with Crippen LogP contribution in [0.15, 0.2) is 31.0 Å². The van der Waals surface area contributed by atoms with Gasteiger partial charge in [0.2, 0.25) is 0 Å². The highest BCUT2D eigenvalue weighted by Gasteiger charge is 2.09. The van der Waals surface area contributed by atoms with Crippen LogP contribution in [0.1, 0.15) is 10.5 Å². The molecule has 0 radical (unpaired) electrons. The van der Waals surface area contributed by atoms with Crippen molar-refractivity contribution in [1.82, 2.24) is 14.6 Å². The van der Waals surface area contributed by atoms with Gasteiger partial charge in [0.1, 0.15) is 5.82 Å². The molecule has 2 rings (SSSR count). The first-order chi connectivity index (χ1) is 7.70. The number of aromatic nitrogens is 3. The van der Waals surface area contributed by atoms with Gasteiger partial charge in [0.05, 0.1) is 6.20 Å². The first-order valence-corrected chi connectivity index (χ1v) is 4.65. The van der Waals surface area contributed by atoms with E-state index in [1.807, 2.05) is 0 Å². The van der Waals surface area contributed by atoms with Crippen LogP contribution >= 0.6 is 0 Å². The van der Waals surface area contributed by atoms with E-state index in [9.17, 15) is 4.79 Å². The van der Waals surface area contributed by atoms with Gasteiger partial charge in [-0.25, -0.2) is 14.3 Å². The second-order valence-corrected chi connectivity index (χ2v) is 3.12. The lowest BCUT2D eigenvalue weighted by molar-refractivity contribution is 0.0691. The molecule has 0 saturated heterocycles. The van der Waals surface area contributed by atoms with Gasteiger partial charge in [0.25, 0.3) is 0 Å². The van der Waals surface area contributed by atoms with E-state index in [0.717, 1.165) is 0 Å². The number of carboxylic acids is 1. The molecule has 16 heavy (non-hydrogen) atoms. The average molecular weight is 218 g/mol. The summed E-state index contributed by atoms with van der Waals surface area (Å²) in [6.45, 7) is 4.17. The molecule has 2 aromatic rings. The molecule has 0 aliphatic heterocycles. The van der Waals surface area contributed by atoms with E-state index in [-0.39, 0.29) is 5.69 Å². The summed E-state index contributed by atoms with van der Waals surface area (Å²) in [5.41, 5.74) is 0.481. The normalized spacial score (nSPS) is 10.2. The van der Waals surface area contributed by atoms with Crippen LogP contribution in [0.2, 0.25) is 0 Å². The predicted octanol–water partition coefficient (Wildman–Crippen LogP) is 1.03. The number of aromatic carboxylic acids is 1. The zero-order valence-corrected chi connectivity index (χ0v) is 8.42. The highest BCUT2D eigenvalue weighted by molar-refractivity contribution is 5.86. The van der Waals surface area contributed by atoms with E-state index < -0.39 is 5.97 Å². The van der Waals surface area contributed by atoms with Crippen LogP contribution in [0, 0.1) is 0 Å². The Labute approximate surface area is 91.2 Å². The van der Waals surface area contributed by atoms with Crippen LogP contribution in [0.5, 0.6) is 0 Å². The molecule has 0 aliphatic carbocycles. The van der Waals surface area contributed by atoms with Crippen molar-refractivity contribution in [2.75, 3.05) is 11.9 Å². The second-order valence-electron chi connectivity index (χ2n) is 3.12. The number of hydrogen-bond donors (Lipinski definition) is 2. The van der Waals surface area contributed by atoms with E-state index in [4.69, 9.17) is 5.11 Å². The first kappa shape index (κ1) is 10.2. The van der Waals surface area contributed by atoms with Gasteiger partial charge in [-0.3, -0.25) is 0 Å². The van der Waals surface area contributed by atoms with Crippen molar-refractivity contribution < 1.29 is 9.90 Å². The first-order valence-electron chi connectivity index (χ1n) is 4.65. The number of carbonyl (C=O) groups is 1. The zero-order valence-electron chi connectivity index (χ0n) is 8.42. The molecule has 0 spiro atoms. The molecule has 0 atom stereocenters. The van der Waals surface area contributed by atoms with Crippen LogP contribution in [-0.4, -0.2) is 32.2 Å². The van der Waals surface area contributed by atoms with Gasteiger partial charge in [-0.05, 0) is 12.1 Å². The fraction of sp³-hybridized carbons (Fsp3) is 0.100. The molecule has 0 fully saturated rings. The van der Waals surface area contributed by atoms with Crippen molar-refractivity contribution in [2.24, 2.45) is 0 Å². The molecule has 0 aliphatic rings. The van der Waals surface area contributed by atoms with E-state index in [1.54, 1.807) is 18.2 Å². The van der Waals surface area contributed by atoms with E-state index in [1.165, 1.54) is 10.7 Å². The number of anilines is 1. The summed E-state index contributed by atoms with van der Waals surface area (Å²) in [7, 11) is 0. The highest BCUT2D eigenvalue weighted by atomic mass is 16.4. The van der Waals surface area contributed by atoms with E-state index >= 15 is 0 Å². The van der Waals surface area contributed by atoms with Crippen molar-refractivity contribution in [3.05, 3.63) is 36.7 Å². The van der Waals surface area contributed by atoms with Gasteiger partial charge in [-0.1, -0.05) is 6.08 Å². The second kappa shape index (κ2) is 4.01. The molecule has 6 heteroatoms. The molecule has 2 aromatic heterocycles. The minimum Gasteiger partial charge on any atom is -0.476 e. The fourth-order valence-corrected chi connectivity index (χ4v) is 1.26. The molecule has 0 bridgehead atoms. The summed E-state index contributed by atoms with van der Waals surface area (Å²) in [4.78, 5) is 14.6. The van der Waals surface area contributed by atoms with Crippen LogP contribution in [0.3, 0.4) is 0 Å². The average Bonchev–Trinajstić information content (AvgIpc) is 2.69. The third-order valence-electron chi connectivity index (χ3n) is 1.97. The summed E-state index contributed by atoms with van der Waals surface area (Å²) in [5.74, 6) is -0.423. The number of carboxylic acid groups (broad SMARTS) is 1. The number of imidazole rings is 1. The molecule has 2 heterocycles. The van der Waals surface area contributed by atoms with Gasteiger partial charge in [-0.2, -0.15) is 0 Å². The number of fused-ring (bicyclic) bond motifs is 1. The Kier molecular flexibility index (Phi) is 2.55. The van der Waals surface area contributed by atoms with Gasteiger partial charge >= 0.3 is 5.97 Å². The maximum Gasteiger partial charge on any atom is 0.356 e. The molecule has 0 amide bonds. The third kappa shape index (κ3) is 1.85. The third-order valence-corrected chi connectivity index (χ3v) is 1.97. The van der Waals surface area contributed by atoms with Crippen LogP contribution in [0.4, 0.5) is 5.82 Å². The van der Waals surface area contributed by atoms with Crippen LogP contribution in [0.25, 0.3) is 5.65 Å². The highest BCUT2D eigenvalue weighted by Crippen LogP contribution is 2.07. The Hall–Kier alpha value is -2.37. The lowest BCUT2D eigenvalue weighted by atomic mass is 10.5. The summed E-state index contributed by atoms with van der Waals surface area (Å²) in [6, 6.07) is 3.43. The molecule has 0 aromatic carbocycles. The van der Waals surface area contributed by atoms with Crippen molar-refractivity contribution in [1.29, 1.82) is 0 Å². The van der Waals surface area contributed by atoms with E-state index in [0.29, 0.717) is 18.0 Å². The Morgan fingerprint density at radius 1 is 1.62 bits per heavy atom. The standard InChI is InChI=1S/C10H10N4O2/c1-2-5-11-8-3-4-9-12-7(10(15)16)6-14(9)13-8/h2-4,6H,1,5H2,(H,11,13)(H,15,16). The Morgan fingerprint density at radius 2 is 2.44 bits per heavy atom. The summed E-state index contributed by atoms with van der Waals surface area (Å²) in [5, 5.41) is 15.9. The fourth-order valence-electron chi connectivity index (χ4n) is 1.26. The van der Waals surface area contributed by atoms with Crippen molar-refractivity contribution >= 4 is 17.4 Å². The molecule has 82 valence electrons. The molecule has 0 unspecified atom stereocenters. The van der Waals surface area contributed by atoms with Gasteiger partial charge < -0.3 is 10.4 Å². The SMILES string of the molecule is C=CCNc1ccc2nc(C(=O)O)cn2n1. The topological polar surface area (TPSA) is 79.5 Å². The quantitative estimate of drug-likeness (QED) is 0.749. The Bertz CT molecular complexity index is 547. The van der Waals surface area contributed by atoms with Gasteiger partial charge in [0, 0.05) is 6.54 Å². The van der Waals surface area contributed by atoms with Crippen molar-refractivity contribution in [3.8, 4) is 0 Å². The van der Waals surface area contributed by atoms with Crippen LogP contribution < -0.4 is 5.32 Å². The molecule has 2 N–H and O–H groups in total. The number of rotatable bonds is 4. The molecule has 6 nitrogen and oxygen atoms in total. The van der Waals surface area contributed by atoms with Crippen molar-refractivity contribution in [3.63, 3.8) is 0 Å². The number of hydrogen-bond acceptors (Lipinski definition) is 4. The lowest BCUT2D eigenvalue weighted by Crippen LogP contribution is -2.02. The van der Waals surface area contributed by atoms with Gasteiger partial charge in [0.15, 0.2) is 11.3 Å². The minimum atomic E-state index is -1.06. The number of nitrogens with zero attached hydrogens (tertiary/aromatic N) is 3. The molecule has 0 saturated carbocycles. The Balaban J connectivity index is 2.37. The van der Waals surface area contributed by atoms with E-state index in [2.05, 4.69) is 22.0 Å². The van der Waals surface area contributed by atoms with Gasteiger partial charge in [-0.15, -0.1) is 11.7 Å². The number of nitrogens with one attached hydrogen (secondary N) is 1. The summed E-state index contributed by atoms with van der Waals surface area (Å²) in [6.07, 6.45) is 3.08. The molecular formula is C10H10N4O2. The summed E-state index contributed by atoms with van der Waals surface area (Å²) < 4.78 is 1.43. The van der Waals surface area contributed by atoms with Crippen LogP contribution in [-0.2, 0) is 0 Å².